The lowest BCUT2D eigenvalue weighted by Gasteiger charge is -2.46. The molecule has 0 aliphatic carbocycles. The molecule has 0 radical (unpaired) electrons. The zero-order valence-corrected chi connectivity index (χ0v) is 83.0. The molecular weight excluding hydrogens is 1530 g/mol. The van der Waals surface area contributed by atoms with Gasteiger partial charge in [-0.2, -0.15) is 0 Å². The number of aromatic nitrogens is 2. The highest BCUT2D eigenvalue weighted by molar-refractivity contribution is 7.00. The zero-order chi connectivity index (χ0) is 91.6. The van der Waals surface area contributed by atoms with Crippen molar-refractivity contribution in [3.63, 3.8) is 0 Å². The monoisotopic (exact) mass is 1670 g/mol. The number of nitrogens with zero attached hydrogens (tertiary/aromatic N) is 4. The van der Waals surface area contributed by atoms with E-state index in [9.17, 15) is 0 Å². The van der Waals surface area contributed by atoms with Gasteiger partial charge in [-0.15, -0.1) is 0 Å². The minimum atomic E-state index is -0.376. The van der Waals surface area contributed by atoms with E-state index >= 15 is 0 Å². The molecule has 0 N–H and O–H groups in total. The molecule has 13 aromatic carbocycles. The minimum Gasteiger partial charge on any atom is -0.311 e. The Labute approximate surface area is 762 Å². The van der Waals surface area contributed by atoms with Crippen LogP contribution in [0.4, 0.5) is 34.1 Å². The Kier molecular flexibility index (Phi) is 20.7. The van der Waals surface area contributed by atoms with Crippen LogP contribution in [0.25, 0.3) is 99.5 Å². The molecule has 0 saturated heterocycles. The SMILES string of the molecule is CC(C)(C)c1cc2c3c(c1)N(c1cc(-c4ccc(C(C)(C)C)cc4C(C)(C)C)ccc1-c1ccc(C(C)(C)C)cc1C(C)(C)C)c1cc(-n4c5ccccc5c5cc(C(C)(C)C)ccc54)ccc1B3c1ccc(-n3c4ccccc4c4cc(C(C)(C)C)ccc43)cc1N2c1cc(-c2ccc(C(C)(C)C)cc2C(C)(C)C)ccc1-c1ccc(C(C)(C)C)cc1C(C)(C)C. The summed E-state index contributed by atoms with van der Waals surface area (Å²) in [5.41, 5.74) is 40.0. The maximum absolute atomic E-state index is 2.80. The average molecular weight is 1670 g/mol. The molecule has 2 aromatic heterocycles. The fraction of sp³-hybridized carbons (Fsp3) is 0.361. The Morgan fingerprint density at radius 3 is 0.780 bits per heavy atom. The number of fused-ring (bicyclic) bond motifs is 10. The van der Waals surface area contributed by atoms with Gasteiger partial charge in [0.25, 0.3) is 6.71 Å². The molecule has 127 heavy (non-hydrogen) atoms. The summed E-state index contributed by atoms with van der Waals surface area (Å²) in [6.45, 7) is 78.4. The van der Waals surface area contributed by atoms with E-state index in [1.165, 1.54) is 177 Å². The van der Waals surface area contributed by atoms with Gasteiger partial charge in [0.1, 0.15) is 0 Å². The number of benzene rings is 13. The van der Waals surface area contributed by atoms with Gasteiger partial charge in [-0.3, -0.25) is 0 Å². The van der Waals surface area contributed by atoms with Crippen LogP contribution in [0.2, 0.25) is 0 Å². The first-order valence-electron chi connectivity index (χ1n) is 47.0. The third-order valence-electron chi connectivity index (χ3n) is 28.0. The first-order chi connectivity index (χ1) is 58.9. The van der Waals surface area contributed by atoms with E-state index in [2.05, 4.69) is 490 Å². The van der Waals surface area contributed by atoms with Crippen LogP contribution in [0.15, 0.2) is 243 Å². The molecule has 4 heterocycles. The molecule has 0 unspecified atom stereocenters. The van der Waals surface area contributed by atoms with Gasteiger partial charge < -0.3 is 18.9 Å². The molecule has 15 aromatic rings. The van der Waals surface area contributed by atoms with Crippen LogP contribution in [-0.2, 0) is 59.6 Å². The van der Waals surface area contributed by atoms with Gasteiger partial charge in [0.2, 0.25) is 0 Å². The normalized spacial score (nSPS) is 14.0. The van der Waals surface area contributed by atoms with Crippen molar-refractivity contribution in [2.75, 3.05) is 9.80 Å². The van der Waals surface area contributed by atoms with E-state index in [1.54, 1.807) is 0 Å². The molecule has 0 fully saturated rings. The number of hydrogen-bond acceptors (Lipinski definition) is 2. The maximum atomic E-state index is 2.80. The summed E-state index contributed by atoms with van der Waals surface area (Å²) in [5.74, 6) is 0. The van der Waals surface area contributed by atoms with Gasteiger partial charge in [-0.1, -0.05) is 386 Å². The molecule has 2 aliphatic heterocycles. The van der Waals surface area contributed by atoms with Crippen molar-refractivity contribution < 1.29 is 0 Å². The van der Waals surface area contributed by atoms with Crippen LogP contribution < -0.4 is 26.2 Å². The molecule has 2 aliphatic rings. The Balaban J connectivity index is 1.08. The van der Waals surface area contributed by atoms with Crippen LogP contribution in [0.3, 0.4) is 0 Å². The van der Waals surface area contributed by atoms with Crippen LogP contribution in [0.5, 0.6) is 0 Å². The summed E-state index contributed by atoms with van der Waals surface area (Å²) in [7, 11) is 0. The predicted molar refractivity (Wildman–Crippen MR) is 557 cm³/mol. The minimum absolute atomic E-state index is 0.0614. The van der Waals surface area contributed by atoms with E-state index in [0.29, 0.717) is 0 Å². The predicted octanol–water partition coefficient (Wildman–Crippen LogP) is 32.9. The Bertz CT molecular complexity index is 6550. The van der Waals surface area contributed by atoms with Crippen LogP contribution in [0, 0.1) is 0 Å². The molecule has 17 rings (SSSR count). The van der Waals surface area contributed by atoms with E-state index in [0.717, 1.165) is 34.1 Å². The van der Waals surface area contributed by atoms with Crippen molar-refractivity contribution in [1.82, 2.24) is 9.13 Å². The molecule has 650 valence electrons. The van der Waals surface area contributed by atoms with Crippen LogP contribution in [0.1, 0.15) is 290 Å². The van der Waals surface area contributed by atoms with E-state index in [4.69, 9.17) is 0 Å². The summed E-state index contributed by atoms with van der Waals surface area (Å²) in [5, 5.41) is 5.00. The first-order valence-corrected chi connectivity index (χ1v) is 47.0. The molecule has 4 nitrogen and oxygen atoms in total. The smallest absolute Gasteiger partial charge is 0.252 e. The van der Waals surface area contributed by atoms with Gasteiger partial charge in [0.05, 0.1) is 33.4 Å². The van der Waals surface area contributed by atoms with Gasteiger partial charge in [0.15, 0.2) is 0 Å². The molecule has 0 bridgehead atoms. The third kappa shape index (κ3) is 15.6. The number of para-hydroxylation sites is 2. The summed E-state index contributed by atoms with van der Waals surface area (Å²) in [6.07, 6.45) is 0. The van der Waals surface area contributed by atoms with Gasteiger partial charge in [-0.25, -0.2) is 0 Å². The topological polar surface area (TPSA) is 16.3 Å². The zero-order valence-electron chi connectivity index (χ0n) is 83.0. The summed E-state index contributed by atoms with van der Waals surface area (Å²) in [4.78, 5) is 5.60. The quantitative estimate of drug-likeness (QED) is 0.141. The van der Waals surface area contributed by atoms with Gasteiger partial charge >= 0.3 is 0 Å². The third-order valence-corrected chi connectivity index (χ3v) is 28.0. The van der Waals surface area contributed by atoms with Crippen LogP contribution in [-0.4, -0.2) is 15.8 Å². The Hall–Kier alpha value is -10.9. The van der Waals surface area contributed by atoms with E-state index in [1.807, 2.05) is 0 Å². The summed E-state index contributed by atoms with van der Waals surface area (Å²) < 4.78 is 5.15. The fourth-order valence-electron chi connectivity index (χ4n) is 20.4. The van der Waals surface area contributed by atoms with E-state index < -0.39 is 0 Å². The lowest BCUT2D eigenvalue weighted by Crippen LogP contribution is -2.61. The van der Waals surface area contributed by atoms with Gasteiger partial charge in [0, 0.05) is 66.8 Å². The average Bonchev–Trinajstić information content (AvgIpc) is 0.882. The molecule has 0 saturated carbocycles. The highest BCUT2D eigenvalue weighted by atomic mass is 15.2. The second-order valence-corrected chi connectivity index (χ2v) is 48.9. The van der Waals surface area contributed by atoms with Crippen molar-refractivity contribution in [1.29, 1.82) is 0 Å². The summed E-state index contributed by atoms with van der Waals surface area (Å²) >= 11 is 0. The second-order valence-electron chi connectivity index (χ2n) is 48.9. The lowest BCUT2D eigenvalue weighted by atomic mass is 9.33. The molecular formula is C122H139BN4. The van der Waals surface area contributed by atoms with E-state index in [-0.39, 0.29) is 66.3 Å². The van der Waals surface area contributed by atoms with Crippen molar-refractivity contribution in [3.8, 4) is 55.9 Å². The van der Waals surface area contributed by atoms with Crippen molar-refractivity contribution in [3.05, 3.63) is 304 Å². The second kappa shape index (κ2) is 29.9. The Morgan fingerprint density at radius 2 is 0.465 bits per heavy atom. The highest BCUT2D eigenvalue weighted by Crippen LogP contribution is 2.56. The van der Waals surface area contributed by atoms with Crippen LogP contribution >= 0.6 is 0 Å². The first kappa shape index (κ1) is 88.2. The molecule has 0 atom stereocenters. The number of anilines is 6. The van der Waals surface area contributed by atoms with Gasteiger partial charge in [-0.05, 0) is 255 Å². The number of rotatable bonds is 8. The largest absolute Gasteiger partial charge is 0.311 e. The number of hydrogen-bond donors (Lipinski definition) is 0. The Morgan fingerprint density at radius 1 is 0.189 bits per heavy atom. The lowest BCUT2D eigenvalue weighted by molar-refractivity contribution is 0.569. The van der Waals surface area contributed by atoms with Crippen molar-refractivity contribution in [2.45, 2.75) is 288 Å². The standard InChI is InChI=1S/C122H139BN4/c1-112(2,3)76-48-60-103-93(64-76)89-38-34-36-40-101(89)124(103)83-50-58-99-107(72-83)126(105-62-74(85-54-44-78(114(7,8)9)66-95(85)119(22,23)24)42-52-91(105)87-56-46-80(116(13,14)15)68-97(87)121(28,29)30)109-70-82(118(19,20)21)71-110-111(109)123(99)100-59-51-84(125-102-41-37-35-39-90(102)94-65-77(113(4,5)6)49-61-104(94)125)73-108(100)127(110)106-63-75(86-55-45-79(115(10,11)12)67-96(86)120(25,26)27)43-53-92(106)88-57-47-81(117(16,17)18)69-98(88)122(31,32)33/h34-73H,1-33H3. The fourth-order valence-corrected chi connectivity index (χ4v) is 20.4. The van der Waals surface area contributed by atoms with Crippen molar-refractivity contribution in [2.24, 2.45) is 0 Å². The highest BCUT2D eigenvalue weighted by Gasteiger charge is 2.47. The molecule has 0 amide bonds. The molecule has 0 spiro atoms. The molecule has 5 heteroatoms. The summed E-state index contributed by atoms with van der Waals surface area (Å²) in [6, 6.07) is 98.2. The maximum Gasteiger partial charge on any atom is 0.252 e. The van der Waals surface area contributed by atoms with Crippen molar-refractivity contribution >= 4 is 101 Å².